The van der Waals surface area contributed by atoms with Gasteiger partial charge in [0.15, 0.2) is 0 Å². The van der Waals surface area contributed by atoms with Crippen LogP contribution in [0.1, 0.15) is 49.4 Å². The average molecular weight is 490 g/mol. The Bertz CT molecular complexity index is 1190. The van der Waals surface area contributed by atoms with Crippen LogP contribution in [0.25, 0.3) is 10.9 Å². The second-order valence-corrected chi connectivity index (χ2v) is 11.4. The predicted molar refractivity (Wildman–Crippen MR) is 129 cm³/mol. The number of hydrogen-bond donors (Lipinski definition) is 4. The van der Waals surface area contributed by atoms with Crippen LogP contribution in [-0.2, 0) is 14.8 Å². The molecular weight excluding hydrogens is 458 g/mol. The van der Waals surface area contributed by atoms with E-state index >= 15 is 0 Å². The predicted octanol–water partition coefficient (Wildman–Crippen LogP) is 1.41. The quantitative estimate of drug-likeness (QED) is 0.441. The van der Waals surface area contributed by atoms with Gasteiger partial charge in [-0.25, -0.2) is 23.6 Å². The first kappa shape index (κ1) is 23.2. The van der Waals surface area contributed by atoms with Crippen LogP contribution >= 0.6 is 0 Å². The van der Waals surface area contributed by atoms with Gasteiger partial charge in [0.1, 0.15) is 11.6 Å². The zero-order valence-corrected chi connectivity index (χ0v) is 20.4. The Kier molecular flexibility index (Phi) is 6.09. The number of anilines is 2. The van der Waals surface area contributed by atoms with E-state index in [-0.39, 0.29) is 24.3 Å². The van der Waals surface area contributed by atoms with Gasteiger partial charge in [-0.1, -0.05) is 0 Å². The standard InChI is InChI=1S/C22H31N7O4S/c1-12-6-20(28-27-12)25-19-10-18-17(7-13(11-23-18)22(30)33-2)21(26-19)24-14-8-15-4-5-16(9-14)29(15)34(3,31)32/h7,10-12,14-16,20,27-28H,4-6,8-9H2,1-3H3,(H2,24,25,26)/t12?,14?,15-,16+,20?. The van der Waals surface area contributed by atoms with Crippen molar-refractivity contribution in [1.82, 2.24) is 25.1 Å². The van der Waals surface area contributed by atoms with Crippen molar-refractivity contribution in [3.05, 3.63) is 23.9 Å². The van der Waals surface area contributed by atoms with Crippen LogP contribution in [0, 0.1) is 0 Å². The molecule has 4 N–H and O–H groups in total. The van der Waals surface area contributed by atoms with Crippen molar-refractivity contribution in [2.24, 2.45) is 0 Å². The maximum atomic E-state index is 12.3. The molecule has 2 aromatic rings. The maximum absolute atomic E-state index is 12.3. The molecule has 3 fully saturated rings. The third kappa shape index (κ3) is 4.54. The van der Waals surface area contributed by atoms with E-state index in [1.54, 1.807) is 10.4 Å². The molecule has 2 aromatic heterocycles. The third-order valence-electron chi connectivity index (χ3n) is 6.91. The summed E-state index contributed by atoms with van der Waals surface area (Å²) in [7, 11) is -1.89. The zero-order valence-electron chi connectivity index (χ0n) is 19.5. The molecule has 12 heteroatoms. The maximum Gasteiger partial charge on any atom is 0.339 e. The first-order valence-electron chi connectivity index (χ1n) is 11.6. The molecule has 0 radical (unpaired) electrons. The summed E-state index contributed by atoms with van der Waals surface area (Å²) in [5.41, 5.74) is 7.45. The highest BCUT2D eigenvalue weighted by atomic mass is 32.2. The van der Waals surface area contributed by atoms with E-state index in [1.807, 2.05) is 6.07 Å². The molecule has 0 saturated carbocycles. The number of nitrogens with one attached hydrogen (secondary N) is 4. The molecule has 0 spiro atoms. The molecule has 5 heterocycles. The van der Waals surface area contributed by atoms with Gasteiger partial charge in [-0.05, 0) is 45.1 Å². The van der Waals surface area contributed by atoms with Crippen LogP contribution < -0.4 is 21.5 Å². The van der Waals surface area contributed by atoms with Crippen LogP contribution in [-0.4, -0.2) is 72.4 Å². The Hall–Kier alpha value is -2.54. The molecule has 34 heavy (non-hydrogen) atoms. The molecule has 184 valence electrons. The molecule has 0 amide bonds. The number of ether oxygens (including phenoxy) is 1. The largest absolute Gasteiger partial charge is 0.465 e. The fraction of sp³-hybridized carbons (Fsp3) is 0.591. The van der Waals surface area contributed by atoms with E-state index in [4.69, 9.17) is 9.72 Å². The van der Waals surface area contributed by atoms with Gasteiger partial charge in [-0.3, -0.25) is 10.4 Å². The van der Waals surface area contributed by atoms with E-state index in [1.165, 1.54) is 19.6 Å². The lowest BCUT2D eigenvalue weighted by molar-refractivity contribution is 0.0600. The number of sulfonamides is 1. The monoisotopic (exact) mass is 489 g/mol. The van der Waals surface area contributed by atoms with Crippen molar-refractivity contribution in [3.63, 3.8) is 0 Å². The normalized spacial score (nSPS) is 29.3. The van der Waals surface area contributed by atoms with Gasteiger partial charge in [0.05, 0.1) is 30.6 Å². The van der Waals surface area contributed by atoms with Crippen molar-refractivity contribution >= 4 is 38.5 Å². The third-order valence-corrected chi connectivity index (χ3v) is 8.27. The number of piperidine rings is 1. The van der Waals surface area contributed by atoms with Crippen molar-refractivity contribution in [2.45, 2.75) is 69.4 Å². The number of carbonyl (C=O) groups excluding carboxylic acids is 1. The Morgan fingerprint density at radius 1 is 1.15 bits per heavy atom. The number of aromatic nitrogens is 2. The van der Waals surface area contributed by atoms with E-state index < -0.39 is 16.0 Å². The van der Waals surface area contributed by atoms with Crippen LogP contribution in [0.3, 0.4) is 0 Å². The fourth-order valence-corrected chi connectivity index (χ4v) is 6.98. The summed E-state index contributed by atoms with van der Waals surface area (Å²) in [5, 5.41) is 7.68. The first-order chi connectivity index (χ1) is 16.2. The van der Waals surface area contributed by atoms with Crippen molar-refractivity contribution < 1.29 is 17.9 Å². The Morgan fingerprint density at radius 3 is 2.50 bits per heavy atom. The second kappa shape index (κ2) is 8.91. The zero-order chi connectivity index (χ0) is 24.0. The summed E-state index contributed by atoms with van der Waals surface area (Å²) in [6, 6.07) is 4.00. The Balaban J connectivity index is 1.45. The van der Waals surface area contributed by atoms with E-state index in [9.17, 15) is 13.2 Å². The molecule has 3 unspecified atom stereocenters. The van der Waals surface area contributed by atoms with Crippen LogP contribution in [0.15, 0.2) is 18.3 Å². The second-order valence-electron chi connectivity index (χ2n) is 9.55. The van der Waals surface area contributed by atoms with Gasteiger partial charge in [0, 0.05) is 41.8 Å². The van der Waals surface area contributed by atoms with Gasteiger partial charge >= 0.3 is 5.97 Å². The summed E-state index contributed by atoms with van der Waals surface area (Å²) in [6.45, 7) is 2.10. The number of esters is 1. The van der Waals surface area contributed by atoms with Crippen LogP contribution in [0.5, 0.6) is 0 Å². The molecule has 0 aliphatic carbocycles. The van der Waals surface area contributed by atoms with Gasteiger partial charge in [-0.2, -0.15) is 4.31 Å². The number of pyridine rings is 2. The summed E-state index contributed by atoms with van der Waals surface area (Å²) in [4.78, 5) is 21.4. The number of fused-ring (bicyclic) bond motifs is 3. The Labute approximate surface area is 199 Å². The van der Waals surface area contributed by atoms with E-state index in [2.05, 4.69) is 33.4 Å². The number of rotatable bonds is 6. The molecule has 3 aliphatic heterocycles. The van der Waals surface area contributed by atoms with Gasteiger partial charge < -0.3 is 15.4 Å². The van der Waals surface area contributed by atoms with Gasteiger partial charge in [-0.15, -0.1) is 0 Å². The lowest BCUT2D eigenvalue weighted by atomic mass is 9.99. The highest BCUT2D eigenvalue weighted by molar-refractivity contribution is 7.88. The van der Waals surface area contributed by atoms with Gasteiger partial charge in [0.2, 0.25) is 10.0 Å². The fourth-order valence-electron chi connectivity index (χ4n) is 5.51. The minimum absolute atomic E-state index is 0.00201. The summed E-state index contributed by atoms with van der Waals surface area (Å²) >= 11 is 0. The number of hydrazine groups is 1. The topological polar surface area (TPSA) is 138 Å². The SMILES string of the molecule is COC(=O)c1cnc2cc(NC3CC(C)NN3)nc(NC3C[C@H]4CC[C@@H](C3)N4S(C)(=O)=O)c2c1. The number of carbonyl (C=O) groups is 1. The molecule has 0 aromatic carbocycles. The van der Waals surface area contributed by atoms with E-state index in [0.717, 1.165) is 24.6 Å². The minimum Gasteiger partial charge on any atom is -0.465 e. The summed E-state index contributed by atoms with van der Waals surface area (Å²) < 4.78 is 31.1. The van der Waals surface area contributed by atoms with Crippen LogP contribution in [0.4, 0.5) is 11.6 Å². The molecular formula is C22H31N7O4S. The minimum atomic E-state index is -3.23. The number of hydrogen-bond acceptors (Lipinski definition) is 10. The van der Waals surface area contributed by atoms with Crippen molar-refractivity contribution in [3.8, 4) is 0 Å². The molecule has 3 saturated heterocycles. The van der Waals surface area contributed by atoms with Gasteiger partial charge in [0.25, 0.3) is 0 Å². The average Bonchev–Trinajstić information content (AvgIpc) is 3.33. The van der Waals surface area contributed by atoms with Crippen molar-refractivity contribution in [2.75, 3.05) is 24.0 Å². The smallest absolute Gasteiger partial charge is 0.339 e. The molecule has 5 atom stereocenters. The molecule has 2 bridgehead atoms. The van der Waals surface area contributed by atoms with E-state index in [0.29, 0.717) is 41.6 Å². The number of methoxy groups -OCH3 is 1. The highest BCUT2D eigenvalue weighted by Gasteiger charge is 2.45. The highest BCUT2D eigenvalue weighted by Crippen LogP contribution is 2.39. The first-order valence-corrected chi connectivity index (χ1v) is 13.5. The number of nitrogens with zero attached hydrogens (tertiary/aromatic N) is 3. The summed E-state index contributed by atoms with van der Waals surface area (Å²) in [5.74, 6) is 0.824. The molecule has 11 nitrogen and oxygen atoms in total. The molecule has 5 rings (SSSR count). The lowest BCUT2D eigenvalue weighted by Gasteiger charge is -2.37. The lowest BCUT2D eigenvalue weighted by Crippen LogP contribution is -2.49. The summed E-state index contributed by atoms with van der Waals surface area (Å²) in [6.07, 6.45) is 6.88. The Morgan fingerprint density at radius 2 is 1.88 bits per heavy atom. The van der Waals surface area contributed by atoms with Crippen molar-refractivity contribution in [1.29, 1.82) is 0 Å². The van der Waals surface area contributed by atoms with Crippen LogP contribution in [0.2, 0.25) is 0 Å². The molecule has 3 aliphatic rings.